The van der Waals surface area contributed by atoms with Crippen LogP contribution in [0.25, 0.3) is 11.1 Å². The molecule has 2 rings (SSSR count). The van der Waals surface area contributed by atoms with E-state index in [1.165, 1.54) is 0 Å². The fourth-order valence-electron chi connectivity index (χ4n) is 2.13. The Morgan fingerprint density at radius 2 is 1.68 bits per heavy atom. The second-order valence-corrected chi connectivity index (χ2v) is 4.96. The molecule has 5 nitrogen and oxygen atoms in total. The summed E-state index contributed by atoms with van der Waals surface area (Å²) in [6, 6.07) is 11.8. The van der Waals surface area contributed by atoms with Crippen molar-refractivity contribution in [2.75, 3.05) is 0 Å². The van der Waals surface area contributed by atoms with Crippen LogP contribution in [0.2, 0.25) is 0 Å². The van der Waals surface area contributed by atoms with Crippen molar-refractivity contribution in [2.24, 2.45) is 0 Å². The molecular formula is C17H14N2O3. The van der Waals surface area contributed by atoms with Gasteiger partial charge in [0.05, 0.1) is 17.7 Å². The smallest absolute Gasteiger partial charge is 0.176 e. The summed E-state index contributed by atoms with van der Waals surface area (Å²) in [4.78, 5) is 0. The predicted molar refractivity (Wildman–Crippen MR) is 80.4 cm³/mol. The van der Waals surface area contributed by atoms with E-state index < -0.39 is 11.5 Å². The molecule has 0 unspecified atom stereocenters. The van der Waals surface area contributed by atoms with Crippen molar-refractivity contribution in [3.05, 3.63) is 41.5 Å². The Kier molecular flexibility index (Phi) is 4.20. The van der Waals surface area contributed by atoms with Crippen LogP contribution in [0.15, 0.2) is 30.3 Å². The molecule has 0 saturated carbocycles. The first-order valence-corrected chi connectivity index (χ1v) is 6.64. The predicted octanol–water partition coefficient (Wildman–Crippen LogP) is 3.30. The lowest BCUT2D eigenvalue weighted by molar-refractivity contribution is 0.242. The lowest BCUT2D eigenvalue weighted by Gasteiger charge is -2.12. The van der Waals surface area contributed by atoms with E-state index in [1.54, 1.807) is 24.3 Å². The minimum absolute atomic E-state index is 0.0351. The zero-order valence-electron chi connectivity index (χ0n) is 12.2. The van der Waals surface area contributed by atoms with Crippen molar-refractivity contribution < 1.29 is 14.9 Å². The van der Waals surface area contributed by atoms with Gasteiger partial charge in [-0.3, -0.25) is 0 Å². The Balaban J connectivity index is 2.60. The van der Waals surface area contributed by atoms with E-state index in [4.69, 9.17) is 4.74 Å². The van der Waals surface area contributed by atoms with Gasteiger partial charge in [-0.1, -0.05) is 12.1 Å². The van der Waals surface area contributed by atoms with Crippen molar-refractivity contribution in [1.29, 1.82) is 10.5 Å². The molecule has 2 N–H and O–H groups in total. The number of hydrogen-bond acceptors (Lipinski definition) is 5. The molecule has 2 aromatic rings. The van der Waals surface area contributed by atoms with Crippen LogP contribution in [-0.2, 0) is 0 Å². The van der Waals surface area contributed by atoms with Crippen molar-refractivity contribution in [3.8, 4) is 40.5 Å². The highest BCUT2D eigenvalue weighted by Crippen LogP contribution is 2.39. The number of phenolic OH excluding ortho intramolecular Hbond substituents is 2. The molecule has 0 spiro atoms. The number of aromatic hydroxyl groups is 2. The summed E-state index contributed by atoms with van der Waals surface area (Å²) in [5, 5.41) is 37.8. The average molecular weight is 294 g/mol. The highest BCUT2D eigenvalue weighted by atomic mass is 16.5. The molecule has 0 fully saturated rings. The van der Waals surface area contributed by atoms with Crippen LogP contribution >= 0.6 is 0 Å². The van der Waals surface area contributed by atoms with Gasteiger partial charge in [-0.25, -0.2) is 0 Å². The Morgan fingerprint density at radius 1 is 1.05 bits per heavy atom. The van der Waals surface area contributed by atoms with E-state index in [1.807, 2.05) is 26.0 Å². The first-order valence-electron chi connectivity index (χ1n) is 6.64. The molecule has 0 saturated heterocycles. The minimum Gasteiger partial charge on any atom is -0.504 e. The maximum absolute atomic E-state index is 9.83. The van der Waals surface area contributed by atoms with Crippen LogP contribution in [-0.4, -0.2) is 16.3 Å². The van der Waals surface area contributed by atoms with Gasteiger partial charge >= 0.3 is 0 Å². The lowest BCUT2D eigenvalue weighted by Crippen LogP contribution is -2.05. The van der Waals surface area contributed by atoms with Gasteiger partial charge in [-0.15, -0.1) is 0 Å². The van der Waals surface area contributed by atoms with Gasteiger partial charge in [-0.05, 0) is 31.5 Å². The molecule has 0 aliphatic rings. The molecule has 2 aromatic carbocycles. The van der Waals surface area contributed by atoms with E-state index in [9.17, 15) is 20.7 Å². The highest BCUT2D eigenvalue weighted by molar-refractivity contribution is 5.81. The van der Waals surface area contributed by atoms with Crippen molar-refractivity contribution in [1.82, 2.24) is 0 Å². The third-order valence-electron chi connectivity index (χ3n) is 3.03. The van der Waals surface area contributed by atoms with E-state index in [2.05, 4.69) is 0 Å². The summed E-state index contributed by atoms with van der Waals surface area (Å²) >= 11 is 0. The number of hydrogen-bond donors (Lipinski definition) is 2. The Bertz CT molecular complexity index is 782. The first-order chi connectivity index (χ1) is 10.5. The fourth-order valence-corrected chi connectivity index (χ4v) is 2.13. The van der Waals surface area contributed by atoms with Gasteiger partial charge in [0.15, 0.2) is 11.5 Å². The summed E-state index contributed by atoms with van der Waals surface area (Å²) in [7, 11) is 0. The number of phenols is 2. The van der Waals surface area contributed by atoms with E-state index in [-0.39, 0.29) is 22.8 Å². The Morgan fingerprint density at radius 3 is 2.18 bits per heavy atom. The molecular weight excluding hydrogens is 280 g/mol. The molecule has 5 heteroatoms. The fraction of sp³-hybridized carbons (Fsp3) is 0.176. The van der Waals surface area contributed by atoms with Crippen molar-refractivity contribution in [2.45, 2.75) is 20.0 Å². The van der Waals surface area contributed by atoms with Crippen molar-refractivity contribution in [3.63, 3.8) is 0 Å². The molecule has 110 valence electrons. The number of ether oxygens (including phenoxy) is 1. The maximum atomic E-state index is 9.83. The molecule has 0 aromatic heterocycles. The third-order valence-corrected chi connectivity index (χ3v) is 3.03. The van der Waals surface area contributed by atoms with Gasteiger partial charge in [0.2, 0.25) is 0 Å². The molecule has 0 aliphatic carbocycles. The standard InChI is InChI=1S/C17H14N2O3/c1-10(2)22-13-5-3-11(4-6-13)16-12(8-18)7-15(20)17(21)14(16)9-19/h3-7,10,20-21H,1-2H3. The van der Waals surface area contributed by atoms with Gasteiger partial charge in [0.1, 0.15) is 17.4 Å². The maximum Gasteiger partial charge on any atom is 0.176 e. The first kappa shape index (κ1) is 15.2. The lowest BCUT2D eigenvalue weighted by atomic mass is 9.94. The third kappa shape index (κ3) is 2.79. The summed E-state index contributed by atoms with van der Waals surface area (Å²) in [6.45, 7) is 3.82. The number of benzene rings is 2. The van der Waals surface area contributed by atoms with Crippen LogP contribution in [0.4, 0.5) is 0 Å². The molecule has 0 heterocycles. The van der Waals surface area contributed by atoms with Gasteiger partial charge in [-0.2, -0.15) is 10.5 Å². The molecule has 0 atom stereocenters. The molecule has 0 amide bonds. The average Bonchev–Trinajstić information content (AvgIpc) is 2.49. The van der Waals surface area contributed by atoms with E-state index in [0.29, 0.717) is 11.3 Å². The van der Waals surface area contributed by atoms with Crippen LogP contribution in [0.1, 0.15) is 25.0 Å². The molecule has 0 bridgehead atoms. The largest absolute Gasteiger partial charge is 0.504 e. The second kappa shape index (κ2) is 6.07. The van der Waals surface area contributed by atoms with Crippen molar-refractivity contribution >= 4 is 0 Å². The van der Waals surface area contributed by atoms with E-state index in [0.717, 1.165) is 6.07 Å². The number of rotatable bonds is 3. The van der Waals surface area contributed by atoms with Gasteiger partial charge in [0.25, 0.3) is 0 Å². The molecule has 0 aliphatic heterocycles. The number of nitrogens with zero attached hydrogens (tertiary/aromatic N) is 2. The van der Waals surface area contributed by atoms with Crippen LogP contribution < -0.4 is 4.74 Å². The zero-order chi connectivity index (χ0) is 16.3. The normalized spacial score (nSPS) is 10.0. The summed E-state index contributed by atoms with van der Waals surface area (Å²) in [5.74, 6) is -0.352. The van der Waals surface area contributed by atoms with Crippen LogP contribution in [0.3, 0.4) is 0 Å². The summed E-state index contributed by atoms with van der Waals surface area (Å²) in [5.41, 5.74) is 0.856. The minimum atomic E-state index is -0.529. The number of nitriles is 2. The van der Waals surface area contributed by atoms with E-state index >= 15 is 0 Å². The molecule has 22 heavy (non-hydrogen) atoms. The monoisotopic (exact) mass is 294 g/mol. The zero-order valence-corrected chi connectivity index (χ0v) is 12.2. The second-order valence-electron chi connectivity index (χ2n) is 4.96. The Labute approximate surface area is 128 Å². The van der Waals surface area contributed by atoms with Gasteiger partial charge in [0, 0.05) is 11.6 Å². The Hall–Kier alpha value is -3.18. The summed E-state index contributed by atoms with van der Waals surface area (Å²) in [6.07, 6.45) is 0.0351. The topological polar surface area (TPSA) is 97.3 Å². The van der Waals surface area contributed by atoms with Gasteiger partial charge < -0.3 is 14.9 Å². The van der Waals surface area contributed by atoms with Crippen LogP contribution in [0.5, 0.6) is 17.2 Å². The quantitative estimate of drug-likeness (QED) is 0.846. The summed E-state index contributed by atoms with van der Waals surface area (Å²) < 4.78 is 5.54. The highest BCUT2D eigenvalue weighted by Gasteiger charge is 2.19. The SMILES string of the molecule is CC(C)Oc1ccc(-c2c(C#N)cc(O)c(O)c2C#N)cc1. The van der Waals surface area contributed by atoms with Crippen LogP contribution in [0, 0.1) is 22.7 Å². The molecule has 0 radical (unpaired) electrons.